The molecule has 19 heavy (non-hydrogen) atoms. The number of nitrogens with one attached hydrogen (secondary N) is 1. The Morgan fingerprint density at radius 2 is 1.95 bits per heavy atom. The monoisotopic (exact) mass is 282 g/mol. The van der Waals surface area contributed by atoms with Gasteiger partial charge in [-0.15, -0.1) is 0 Å². The van der Waals surface area contributed by atoms with Crippen molar-refractivity contribution in [3.05, 3.63) is 29.6 Å². The first-order valence-corrected chi connectivity index (χ1v) is 7.83. The van der Waals surface area contributed by atoms with E-state index in [1.165, 1.54) is 0 Å². The first kappa shape index (κ1) is 14.7. The van der Waals surface area contributed by atoms with E-state index in [1.807, 2.05) is 37.9 Å². The Kier molecular flexibility index (Phi) is 4.74. The first-order chi connectivity index (χ1) is 9.02. The Morgan fingerprint density at radius 1 is 1.32 bits per heavy atom. The van der Waals surface area contributed by atoms with Crippen LogP contribution < -0.4 is 10.2 Å². The van der Waals surface area contributed by atoms with Gasteiger partial charge in [0.2, 0.25) is 0 Å². The molecule has 0 aliphatic carbocycles. The molecule has 2 nitrogen and oxygen atoms in total. The maximum absolute atomic E-state index is 14.2. The van der Waals surface area contributed by atoms with E-state index in [4.69, 9.17) is 0 Å². The minimum atomic E-state index is -0.113. The summed E-state index contributed by atoms with van der Waals surface area (Å²) in [7, 11) is 1.87. The summed E-state index contributed by atoms with van der Waals surface area (Å²) in [6.45, 7) is 8.47. The van der Waals surface area contributed by atoms with E-state index in [0.29, 0.717) is 10.5 Å². The fraction of sp³-hybridized carbons (Fsp3) is 0.600. The molecule has 2 rings (SSSR count). The van der Waals surface area contributed by atoms with Gasteiger partial charge >= 0.3 is 0 Å². The highest BCUT2D eigenvalue weighted by Crippen LogP contribution is 2.34. The summed E-state index contributed by atoms with van der Waals surface area (Å²) in [6.07, 6.45) is 0. The topological polar surface area (TPSA) is 15.3 Å². The van der Waals surface area contributed by atoms with Crippen LogP contribution >= 0.6 is 11.8 Å². The zero-order valence-corrected chi connectivity index (χ0v) is 12.9. The predicted molar refractivity (Wildman–Crippen MR) is 82.6 cm³/mol. The second-order valence-electron chi connectivity index (χ2n) is 5.35. The Balaban J connectivity index is 2.36. The van der Waals surface area contributed by atoms with E-state index < -0.39 is 0 Å². The number of thioether (sulfide) groups is 1. The highest BCUT2D eigenvalue weighted by molar-refractivity contribution is 8.00. The van der Waals surface area contributed by atoms with Crippen LogP contribution in [-0.4, -0.2) is 30.6 Å². The van der Waals surface area contributed by atoms with Gasteiger partial charge in [-0.1, -0.05) is 19.9 Å². The van der Waals surface area contributed by atoms with E-state index in [1.54, 1.807) is 6.07 Å². The number of nitrogens with zero attached hydrogens (tertiary/aromatic N) is 1. The maximum Gasteiger partial charge on any atom is 0.130 e. The summed E-state index contributed by atoms with van der Waals surface area (Å²) < 4.78 is 14.2. The number of rotatable bonds is 3. The average Bonchev–Trinajstić information content (AvgIpc) is 2.36. The molecule has 4 heteroatoms. The smallest absolute Gasteiger partial charge is 0.130 e. The molecule has 106 valence electrons. The van der Waals surface area contributed by atoms with Crippen LogP contribution in [0, 0.1) is 5.82 Å². The van der Waals surface area contributed by atoms with Crippen LogP contribution in [0.2, 0.25) is 0 Å². The van der Waals surface area contributed by atoms with Gasteiger partial charge in [0.1, 0.15) is 5.82 Å². The first-order valence-electron chi connectivity index (χ1n) is 6.89. The molecule has 0 spiro atoms. The molecule has 1 fully saturated rings. The van der Waals surface area contributed by atoms with Crippen LogP contribution in [0.3, 0.4) is 0 Å². The quantitative estimate of drug-likeness (QED) is 0.914. The lowest BCUT2D eigenvalue weighted by Gasteiger charge is -2.38. The SMILES string of the molecule is CNC(C)c1c(F)cccc1N1CC(C)SC(C)C1. The van der Waals surface area contributed by atoms with Crippen LogP contribution in [0.1, 0.15) is 32.4 Å². The van der Waals surface area contributed by atoms with Crippen molar-refractivity contribution in [1.29, 1.82) is 0 Å². The minimum absolute atomic E-state index is 0.0244. The number of hydrogen-bond donors (Lipinski definition) is 1. The largest absolute Gasteiger partial charge is 0.369 e. The van der Waals surface area contributed by atoms with Crippen LogP contribution in [-0.2, 0) is 0 Å². The van der Waals surface area contributed by atoms with Crippen molar-refractivity contribution in [2.45, 2.75) is 37.3 Å². The lowest BCUT2D eigenvalue weighted by atomic mass is 10.0. The summed E-state index contributed by atoms with van der Waals surface area (Å²) in [4.78, 5) is 2.33. The van der Waals surface area contributed by atoms with Gasteiger partial charge in [-0.25, -0.2) is 4.39 Å². The number of anilines is 1. The zero-order chi connectivity index (χ0) is 14.0. The van der Waals surface area contributed by atoms with Crippen molar-refractivity contribution < 1.29 is 4.39 Å². The van der Waals surface area contributed by atoms with Crippen molar-refractivity contribution in [3.8, 4) is 0 Å². The van der Waals surface area contributed by atoms with Crippen molar-refractivity contribution in [2.75, 3.05) is 25.0 Å². The Bertz CT molecular complexity index is 428. The van der Waals surface area contributed by atoms with Gasteiger partial charge in [0.25, 0.3) is 0 Å². The number of hydrogen-bond acceptors (Lipinski definition) is 3. The molecule has 3 unspecified atom stereocenters. The summed E-state index contributed by atoms with van der Waals surface area (Å²) in [5, 5.41) is 4.33. The average molecular weight is 282 g/mol. The van der Waals surface area contributed by atoms with Gasteiger partial charge in [0.05, 0.1) is 0 Å². The summed E-state index contributed by atoms with van der Waals surface area (Å²) in [5.41, 5.74) is 1.83. The molecule has 1 aromatic carbocycles. The summed E-state index contributed by atoms with van der Waals surface area (Å²) in [6, 6.07) is 5.43. The molecule has 1 N–H and O–H groups in total. The lowest BCUT2D eigenvalue weighted by Crippen LogP contribution is -2.41. The van der Waals surface area contributed by atoms with Crippen molar-refractivity contribution in [1.82, 2.24) is 5.32 Å². The van der Waals surface area contributed by atoms with E-state index in [2.05, 4.69) is 24.1 Å². The molecule has 1 saturated heterocycles. The third-order valence-electron chi connectivity index (χ3n) is 3.66. The van der Waals surface area contributed by atoms with Gasteiger partial charge in [0, 0.05) is 40.9 Å². The Morgan fingerprint density at radius 3 is 2.53 bits per heavy atom. The highest BCUT2D eigenvalue weighted by atomic mass is 32.2. The van der Waals surface area contributed by atoms with Crippen LogP contribution in [0.25, 0.3) is 0 Å². The molecular weight excluding hydrogens is 259 g/mol. The van der Waals surface area contributed by atoms with Gasteiger partial charge in [-0.3, -0.25) is 0 Å². The number of halogens is 1. The van der Waals surface area contributed by atoms with Crippen molar-refractivity contribution in [3.63, 3.8) is 0 Å². The van der Waals surface area contributed by atoms with Gasteiger partial charge in [0.15, 0.2) is 0 Å². The number of benzene rings is 1. The van der Waals surface area contributed by atoms with Crippen molar-refractivity contribution in [2.24, 2.45) is 0 Å². The van der Waals surface area contributed by atoms with Crippen molar-refractivity contribution >= 4 is 17.4 Å². The molecule has 1 aliphatic heterocycles. The van der Waals surface area contributed by atoms with Crippen LogP contribution in [0.4, 0.5) is 10.1 Å². The molecule has 1 aliphatic rings. The second-order valence-corrected chi connectivity index (χ2v) is 7.23. The van der Waals surface area contributed by atoms with Gasteiger partial charge in [-0.05, 0) is 26.1 Å². The van der Waals surface area contributed by atoms with E-state index in [-0.39, 0.29) is 11.9 Å². The van der Waals surface area contributed by atoms with Crippen LogP contribution in [0.15, 0.2) is 18.2 Å². The molecule has 0 bridgehead atoms. The molecule has 1 aromatic rings. The van der Waals surface area contributed by atoms with Gasteiger partial charge in [-0.2, -0.15) is 11.8 Å². The second kappa shape index (κ2) is 6.14. The summed E-state index contributed by atoms with van der Waals surface area (Å²) >= 11 is 2.01. The lowest BCUT2D eigenvalue weighted by molar-refractivity contribution is 0.558. The molecule has 0 radical (unpaired) electrons. The van der Waals surface area contributed by atoms with Crippen LogP contribution in [0.5, 0.6) is 0 Å². The Hall–Kier alpha value is -0.740. The fourth-order valence-electron chi connectivity index (χ4n) is 2.75. The van der Waals surface area contributed by atoms with Gasteiger partial charge < -0.3 is 10.2 Å². The Labute approximate surface area is 119 Å². The maximum atomic E-state index is 14.2. The standard InChI is InChI=1S/C15H23FN2S/c1-10-8-18(9-11(2)19-10)14-7-5-6-13(16)15(14)12(3)17-4/h5-7,10-12,17H,8-9H2,1-4H3. The van der Waals surface area contributed by atoms with E-state index >= 15 is 0 Å². The molecule has 0 aromatic heterocycles. The molecule has 0 saturated carbocycles. The third kappa shape index (κ3) is 3.23. The minimum Gasteiger partial charge on any atom is -0.369 e. The summed E-state index contributed by atoms with van der Waals surface area (Å²) in [5.74, 6) is -0.113. The molecule has 3 atom stereocenters. The molecular formula is C15H23FN2S. The highest BCUT2D eigenvalue weighted by Gasteiger charge is 2.26. The zero-order valence-electron chi connectivity index (χ0n) is 12.1. The normalized spacial score (nSPS) is 25.4. The molecule has 1 heterocycles. The van der Waals surface area contributed by atoms with E-state index in [0.717, 1.165) is 24.3 Å². The molecule has 0 amide bonds. The predicted octanol–water partition coefficient (Wildman–Crippen LogP) is 3.44. The van der Waals surface area contributed by atoms with E-state index in [9.17, 15) is 4.39 Å². The third-order valence-corrected chi connectivity index (χ3v) is 4.88. The fourth-order valence-corrected chi connectivity index (χ4v) is 4.07.